The molecule has 3 aromatic rings. The van der Waals surface area contributed by atoms with Crippen LogP contribution in [0.15, 0.2) is 52.4 Å². The summed E-state index contributed by atoms with van der Waals surface area (Å²) in [4.78, 5) is 2.47. The number of benzene rings is 2. The molecule has 2 aromatic carbocycles. The van der Waals surface area contributed by atoms with Crippen molar-refractivity contribution < 1.29 is 0 Å². The first-order valence-electron chi connectivity index (χ1n) is 5.81. The van der Waals surface area contributed by atoms with Crippen molar-refractivity contribution in [2.75, 3.05) is 5.32 Å². The van der Waals surface area contributed by atoms with Crippen LogP contribution in [0.5, 0.6) is 0 Å². The summed E-state index contributed by atoms with van der Waals surface area (Å²) >= 11 is 1.79. The molecule has 0 bridgehead atoms. The van der Waals surface area contributed by atoms with Crippen LogP contribution in [-0.4, -0.2) is 9.78 Å². The fraction of sp³-hybridized carbons (Fsp3) is 0.0714. The van der Waals surface area contributed by atoms with Crippen LogP contribution >= 0.6 is 11.8 Å². The Morgan fingerprint density at radius 2 is 2.00 bits per heavy atom. The molecule has 2 heterocycles. The summed E-state index contributed by atoms with van der Waals surface area (Å²) in [6, 6.07) is 12.6. The first kappa shape index (κ1) is 10.0. The van der Waals surface area contributed by atoms with Gasteiger partial charge in [0.25, 0.3) is 0 Å². The second-order valence-corrected chi connectivity index (χ2v) is 5.46. The molecule has 4 heteroatoms. The summed E-state index contributed by atoms with van der Waals surface area (Å²) < 4.78 is 1.87. The monoisotopic (exact) mass is 253 g/mol. The highest BCUT2D eigenvalue weighted by atomic mass is 32.2. The zero-order valence-electron chi connectivity index (χ0n) is 9.84. The Labute approximate surface area is 109 Å². The Balaban J connectivity index is 1.97. The molecule has 1 aliphatic rings. The van der Waals surface area contributed by atoms with Crippen LogP contribution in [0.3, 0.4) is 0 Å². The van der Waals surface area contributed by atoms with Crippen molar-refractivity contribution in [2.45, 2.75) is 9.79 Å². The summed E-state index contributed by atoms with van der Waals surface area (Å²) in [5.41, 5.74) is 3.39. The smallest absolute Gasteiger partial charge is 0.108 e. The predicted molar refractivity (Wildman–Crippen MR) is 74.6 cm³/mol. The van der Waals surface area contributed by atoms with E-state index in [1.807, 2.05) is 11.7 Å². The lowest BCUT2D eigenvalue weighted by Crippen LogP contribution is -1.99. The van der Waals surface area contributed by atoms with Gasteiger partial charge in [-0.1, -0.05) is 23.9 Å². The number of aryl methyl sites for hydroxylation is 1. The van der Waals surface area contributed by atoms with Gasteiger partial charge >= 0.3 is 0 Å². The number of fused-ring (bicyclic) bond motifs is 4. The van der Waals surface area contributed by atoms with E-state index < -0.39 is 0 Å². The van der Waals surface area contributed by atoms with Gasteiger partial charge in [0.2, 0.25) is 0 Å². The van der Waals surface area contributed by atoms with Crippen molar-refractivity contribution in [1.29, 1.82) is 0 Å². The van der Waals surface area contributed by atoms with Gasteiger partial charge in [-0.25, -0.2) is 0 Å². The Morgan fingerprint density at radius 3 is 2.94 bits per heavy atom. The number of hydrogen-bond acceptors (Lipinski definition) is 3. The van der Waals surface area contributed by atoms with E-state index in [0.717, 1.165) is 11.2 Å². The largest absolute Gasteiger partial charge is 0.354 e. The minimum absolute atomic E-state index is 1.07. The average Bonchev–Trinajstić information content (AvgIpc) is 2.77. The number of hydrogen-bond donors (Lipinski definition) is 1. The van der Waals surface area contributed by atoms with Crippen LogP contribution in [0.2, 0.25) is 0 Å². The van der Waals surface area contributed by atoms with Crippen molar-refractivity contribution in [3.63, 3.8) is 0 Å². The molecule has 4 rings (SSSR count). The lowest BCUT2D eigenvalue weighted by atomic mass is 10.2. The van der Waals surface area contributed by atoms with E-state index in [-0.39, 0.29) is 0 Å². The van der Waals surface area contributed by atoms with E-state index in [9.17, 15) is 0 Å². The molecule has 0 spiro atoms. The van der Waals surface area contributed by atoms with Crippen molar-refractivity contribution in [3.8, 4) is 0 Å². The maximum Gasteiger partial charge on any atom is 0.108 e. The van der Waals surface area contributed by atoms with Crippen LogP contribution in [0.25, 0.3) is 10.9 Å². The van der Waals surface area contributed by atoms with Crippen LogP contribution < -0.4 is 5.32 Å². The second kappa shape index (κ2) is 3.53. The number of anilines is 2. The molecule has 0 unspecified atom stereocenters. The van der Waals surface area contributed by atoms with Gasteiger partial charge < -0.3 is 5.32 Å². The van der Waals surface area contributed by atoms with E-state index in [0.29, 0.717) is 0 Å². The highest BCUT2D eigenvalue weighted by Crippen LogP contribution is 2.46. The summed E-state index contributed by atoms with van der Waals surface area (Å²) in [5.74, 6) is 0. The van der Waals surface area contributed by atoms with Crippen LogP contribution in [0.4, 0.5) is 11.4 Å². The minimum Gasteiger partial charge on any atom is -0.354 e. The van der Waals surface area contributed by atoms with E-state index in [1.165, 1.54) is 20.9 Å². The van der Waals surface area contributed by atoms with Crippen molar-refractivity contribution in [2.24, 2.45) is 7.05 Å². The Morgan fingerprint density at radius 1 is 1.11 bits per heavy atom. The fourth-order valence-corrected chi connectivity index (χ4v) is 3.38. The molecular formula is C14H11N3S. The number of nitrogens with one attached hydrogen (secondary N) is 1. The quantitative estimate of drug-likeness (QED) is 0.517. The normalized spacial score (nSPS) is 12.9. The summed E-state index contributed by atoms with van der Waals surface area (Å²) in [5, 5.41) is 9.21. The molecule has 18 heavy (non-hydrogen) atoms. The molecule has 0 amide bonds. The molecule has 0 aliphatic carbocycles. The number of nitrogens with zero attached hydrogens (tertiary/aromatic N) is 2. The summed E-state index contributed by atoms with van der Waals surface area (Å²) in [7, 11) is 1.96. The highest BCUT2D eigenvalue weighted by molar-refractivity contribution is 8.00. The lowest BCUT2D eigenvalue weighted by Gasteiger charge is -2.20. The fourth-order valence-electron chi connectivity index (χ4n) is 2.30. The van der Waals surface area contributed by atoms with Crippen LogP contribution in [0, 0.1) is 0 Å². The molecular weight excluding hydrogens is 242 g/mol. The first-order valence-corrected chi connectivity index (χ1v) is 6.63. The van der Waals surface area contributed by atoms with Crippen molar-refractivity contribution >= 4 is 34.0 Å². The van der Waals surface area contributed by atoms with Crippen LogP contribution in [-0.2, 0) is 7.05 Å². The highest BCUT2D eigenvalue weighted by Gasteiger charge is 2.18. The van der Waals surface area contributed by atoms with Gasteiger partial charge in [-0.05, 0) is 24.3 Å². The third-order valence-corrected chi connectivity index (χ3v) is 4.31. The molecule has 3 nitrogen and oxygen atoms in total. The first-order chi connectivity index (χ1) is 8.81. The standard InChI is InChI=1S/C14H11N3S/c1-17-8-9-6-7-11-14(13(9)16-17)18-12-5-3-2-4-10(12)15-11/h2-8,15H,1H3. The maximum absolute atomic E-state index is 4.56. The average molecular weight is 253 g/mol. The molecule has 1 N–H and O–H groups in total. The maximum atomic E-state index is 4.56. The topological polar surface area (TPSA) is 29.9 Å². The number of rotatable bonds is 0. The zero-order valence-corrected chi connectivity index (χ0v) is 10.7. The molecule has 0 saturated carbocycles. The molecule has 0 fully saturated rings. The molecule has 88 valence electrons. The molecule has 0 atom stereocenters. The molecule has 0 saturated heterocycles. The summed E-state index contributed by atoms with van der Waals surface area (Å²) in [6.07, 6.45) is 2.05. The van der Waals surface area contributed by atoms with Gasteiger partial charge in [0.1, 0.15) is 5.52 Å². The van der Waals surface area contributed by atoms with Crippen molar-refractivity contribution in [3.05, 3.63) is 42.6 Å². The Bertz CT molecular complexity index is 761. The zero-order chi connectivity index (χ0) is 12.1. The van der Waals surface area contributed by atoms with E-state index >= 15 is 0 Å². The SMILES string of the molecule is Cn1cc2ccc3c(c2n1)Sc1ccccc1N3. The molecule has 1 aromatic heterocycles. The van der Waals surface area contributed by atoms with Gasteiger partial charge in [0, 0.05) is 23.5 Å². The van der Waals surface area contributed by atoms with Crippen molar-refractivity contribution in [1.82, 2.24) is 9.78 Å². The number of para-hydroxylation sites is 1. The van der Waals surface area contributed by atoms with Crippen LogP contribution in [0.1, 0.15) is 0 Å². The van der Waals surface area contributed by atoms with E-state index in [2.05, 4.69) is 53.0 Å². The molecule has 0 radical (unpaired) electrons. The third kappa shape index (κ3) is 1.36. The third-order valence-electron chi connectivity index (χ3n) is 3.11. The predicted octanol–water partition coefficient (Wildman–Crippen LogP) is 3.78. The van der Waals surface area contributed by atoms with Gasteiger partial charge in [-0.15, -0.1) is 0 Å². The second-order valence-electron chi connectivity index (χ2n) is 4.41. The van der Waals surface area contributed by atoms with E-state index in [4.69, 9.17) is 0 Å². The Kier molecular flexibility index (Phi) is 1.96. The summed E-state index contributed by atoms with van der Waals surface area (Å²) in [6.45, 7) is 0. The number of aromatic nitrogens is 2. The lowest BCUT2D eigenvalue weighted by molar-refractivity contribution is 0.777. The Hall–Kier alpha value is -1.94. The van der Waals surface area contributed by atoms with E-state index in [1.54, 1.807) is 11.8 Å². The van der Waals surface area contributed by atoms with Gasteiger partial charge in [0.15, 0.2) is 0 Å². The minimum atomic E-state index is 1.07. The van der Waals surface area contributed by atoms with Gasteiger partial charge in [0.05, 0.1) is 16.3 Å². The van der Waals surface area contributed by atoms with Gasteiger partial charge in [-0.3, -0.25) is 4.68 Å². The molecule has 1 aliphatic heterocycles. The van der Waals surface area contributed by atoms with Gasteiger partial charge in [-0.2, -0.15) is 5.10 Å².